The third-order valence-corrected chi connectivity index (χ3v) is 8.22. The first-order valence-electron chi connectivity index (χ1n) is 8.71. The second-order valence-corrected chi connectivity index (χ2v) is 9.67. The Labute approximate surface area is 163 Å². The minimum atomic E-state index is -3.48. The number of rotatable bonds is 4. The van der Waals surface area contributed by atoms with Gasteiger partial charge in [-0.25, -0.2) is 18.4 Å². The summed E-state index contributed by atoms with van der Waals surface area (Å²) in [6.07, 6.45) is 4.84. The molecule has 0 unspecified atom stereocenters. The van der Waals surface area contributed by atoms with E-state index in [2.05, 4.69) is 33.9 Å². The van der Waals surface area contributed by atoms with E-state index in [1.165, 1.54) is 28.9 Å². The number of nitrogens with zero attached hydrogens (tertiary/aromatic N) is 4. The van der Waals surface area contributed by atoms with Crippen LogP contribution in [0.4, 0.5) is 5.69 Å². The van der Waals surface area contributed by atoms with Crippen LogP contribution in [0.3, 0.4) is 0 Å². The molecule has 140 valence electrons. The quantitative estimate of drug-likeness (QED) is 0.673. The van der Waals surface area contributed by atoms with Crippen molar-refractivity contribution in [3.05, 3.63) is 60.7 Å². The lowest BCUT2D eigenvalue weighted by atomic mass is 10.1. The highest BCUT2D eigenvalue weighted by Gasteiger charge is 2.30. The summed E-state index contributed by atoms with van der Waals surface area (Å²) >= 11 is 1.26. The van der Waals surface area contributed by atoms with E-state index in [-0.39, 0.29) is 0 Å². The van der Waals surface area contributed by atoms with E-state index < -0.39 is 10.0 Å². The SMILES string of the molecule is Cc1ccccc1N1CCN(S(=O)(=O)c2ccc(-c3cncnc3)s2)CC1. The molecule has 1 saturated heterocycles. The predicted molar refractivity (Wildman–Crippen MR) is 107 cm³/mol. The highest BCUT2D eigenvalue weighted by molar-refractivity contribution is 7.91. The van der Waals surface area contributed by atoms with Crippen LogP contribution in [0.25, 0.3) is 10.4 Å². The average molecular weight is 401 g/mol. The smallest absolute Gasteiger partial charge is 0.252 e. The normalized spacial score (nSPS) is 15.8. The Balaban J connectivity index is 1.49. The Morgan fingerprint density at radius 2 is 1.67 bits per heavy atom. The third-order valence-electron chi connectivity index (χ3n) is 4.72. The first-order chi connectivity index (χ1) is 13.1. The number of hydrogen-bond acceptors (Lipinski definition) is 6. The van der Waals surface area contributed by atoms with E-state index in [4.69, 9.17) is 0 Å². The van der Waals surface area contributed by atoms with Crippen LogP contribution >= 0.6 is 11.3 Å². The van der Waals surface area contributed by atoms with Crippen LogP contribution in [0.2, 0.25) is 0 Å². The van der Waals surface area contributed by atoms with Crippen molar-refractivity contribution in [2.45, 2.75) is 11.1 Å². The van der Waals surface area contributed by atoms with Crippen molar-refractivity contribution in [3.8, 4) is 10.4 Å². The van der Waals surface area contributed by atoms with Crippen LogP contribution < -0.4 is 4.90 Å². The summed E-state index contributed by atoms with van der Waals surface area (Å²) in [5.74, 6) is 0. The zero-order valence-electron chi connectivity index (χ0n) is 14.9. The van der Waals surface area contributed by atoms with Crippen molar-refractivity contribution >= 4 is 27.0 Å². The minimum absolute atomic E-state index is 0.366. The Morgan fingerprint density at radius 3 is 2.37 bits per heavy atom. The van der Waals surface area contributed by atoms with Crippen molar-refractivity contribution in [2.24, 2.45) is 0 Å². The van der Waals surface area contributed by atoms with E-state index in [0.717, 1.165) is 10.4 Å². The Hall–Kier alpha value is -2.29. The summed E-state index contributed by atoms with van der Waals surface area (Å²) in [5, 5.41) is 0. The van der Waals surface area contributed by atoms with Gasteiger partial charge in [0.05, 0.1) is 0 Å². The maximum atomic E-state index is 13.0. The zero-order valence-corrected chi connectivity index (χ0v) is 16.6. The molecule has 0 atom stereocenters. The van der Waals surface area contributed by atoms with Gasteiger partial charge in [-0.2, -0.15) is 4.31 Å². The summed E-state index contributed by atoms with van der Waals surface area (Å²) in [4.78, 5) is 11.1. The van der Waals surface area contributed by atoms with E-state index in [0.29, 0.717) is 30.4 Å². The molecule has 6 nitrogen and oxygen atoms in total. The van der Waals surface area contributed by atoms with Crippen LogP contribution in [0.5, 0.6) is 0 Å². The average Bonchev–Trinajstić information content (AvgIpc) is 3.20. The molecule has 1 fully saturated rings. The fraction of sp³-hybridized carbons (Fsp3) is 0.263. The van der Waals surface area contributed by atoms with Gasteiger partial charge in [-0.3, -0.25) is 0 Å². The Bertz CT molecular complexity index is 1030. The number of benzene rings is 1. The number of para-hydroxylation sites is 1. The van der Waals surface area contributed by atoms with Gasteiger partial charge in [-0.05, 0) is 30.7 Å². The molecule has 8 heteroatoms. The van der Waals surface area contributed by atoms with Crippen molar-refractivity contribution < 1.29 is 8.42 Å². The van der Waals surface area contributed by atoms with Gasteiger partial charge in [-0.15, -0.1) is 11.3 Å². The van der Waals surface area contributed by atoms with Gasteiger partial charge < -0.3 is 4.90 Å². The van der Waals surface area contributed by atoms with Crippen molar-refractivity contribution in [2.75, 3.05) is 31.1 Å². The van der Waals surface area contributed by atoms with Gasteiger partial charge in [0.15, 0.2) is 0 Å². The first-order valence-corrected chi connectivity index (χ1v) is 11.0. The fourth-order valence-corrected chi connectivity index (χ4v) is 6.11. The first kappa shape index (κ1) is 18.1. The summed E-state index contributed by atoms with van der Waals surface area (Å²) in [6.45, 7) is 4.43. The molecular weight excluding hydrogens is 380 g/mol. The molecule has 0 saturated carbocycles. The standard InChI is InChI=1S/C19H20N4O2S2/c1-15-4-2-3-5-17(15)22-8-10-23(11-9-22)27(24,25)19-7-6-18(26-19)16-12-20-14-21-13-16/h2-7,12-14H,8-11H2,1H3. The molecule has 0 radical (unpaired) electrons. The molecule has 0 aliphatic carbocycles. The second-order valence-electron chi connectivity index (χ2n) is 6.42. The predicted octanol–water partition coefficient (Wildman–Crippen LogP) is 3.02. The summed E-state index contributed by atoms with van der Waals surface area (Å²) in [7, 11) is -3.48. The Kier molecular flexibility index (Phi) is 4.94. The Morgan fingerprint density at radius 1 is 0.963 bits per heavy atom. The summed E-state index contributed by atoms with van der Waals surface area (Å²) in [6, 6.07) is 11.7. The molecule has 2 aromatic heterocycles. The van der Waals surface area contributed by atoms with Gasteiger partial charge in [0, 0.05) is 54.7 Å². The van der Waals surface area contributed by atoms with Gasteiger partial charge >= 0.3 is 0 Å². The minimum Gasteiger partial charge on any atom is -0.369 e. The van der Waals surface area contributed by atoms with Crippen LogP contribution in [0.15, 0.2) is 59.3 Å². The summed E-state index contributed by atoms with van der Waals surface area (Å²) in [5.41, 5.74) is 3.21. The number of sulfonamides is 1. The van der Waals surface area contributed by atoms with Gasteiger partial charge in [0.2, 0.25) is 0 Å². The lowest BCUT2D eigenvalue weighted by molar-refractivity contribution is 0.385. The van der Waals surface area contributed by atoms with Crippen LogP contribution in [0.1, 0.15) is 5.56 Å². The highest BCUT2D eigenvalue weighted by atomic mass is 32.2. The number of piperazine rings is 1. The third kappa shape index (κ3) is 3.60. The zero-order chi connectivity index (χ0) is 18.9. The second kappa shape index (κ2) is 7.38. The van der Waals surface area contributed by atoms with E-state index in [1.54, 1.807) is 22.8 Å². The van der Waals surface area contributed by atoms with Crippen LogP contribution in [0, 0.1) is 6.92 Å². The number of thiophene rings is 1. The number of hydrogen-bond donors (Lipinski definition) is 0. The molecule has 4 rings (SSSR count). The molecule has 0 N–H and O–H groups in total. The molecule has 1 aliphatic rings. The molecule has 0 amide bonds. The lowest BCUT2D eigenvalue weighted by Crippen LogP contribution is -2.48. The van der Waals surface area contributed by atoms with Crippen LogP contribution in [-0.4, -0.2) is 48.9 Å². The molecular formula is C19H20N4O2S2. The van der Waals surface area contributed by atoms with Gasteiger partial charge in [0.25, 0.3) is 10.0 Å². The summed E-state index contributed by atoms with van der Waals surface area (Å²) < 4.78 is 28.0. The molecule has 3 heterocycles. The lowest BCUT2D eigenvalue weighted by Gasteiger charge is -2.35. The van der Waals surface area contributed by atoms with Gasteiger partial charge in [0.1, 0.15) is 10.5 Å². The van der Waals surface area contributed by atoms with E-state index in [9.17, 15) is 8.42 Å². The number of aryl methyl sites for hydroxylation is 1. The fourth-order valence-electron chi connectivity index (χ4n) is 3.26. The van der Waals surface area contributed by atoms with Crippen LogP contribution in [-0.2, 0) is 10.0 Å². The molecule has 1 aromatic carbocycles. The van der Waals surface area contributed by atoms with E-state index >= 15 is 0 Å². The number of aromatic nitrogens is 2. The monoisotopic (exact) mass is 400 g/mol. The molecule has 0 spiro atoms. The maximum Gasteiger partial charge on any atom is 0.252 e. The van der Waals surface area contributed by atoms with Crippen molar-refractivity contribution in [1.82, 2.24) is 14.3 Å². The van der Waals surface area contributed by atoms with Gasteiger partial charge in [-0.1, -0.05) is 18.2 Å². The maximum absolute atomic E-state index is 13.0. The largest absolute Gasteiger partial charge is 0.369 e. The highest BCUT2D eigenvalue weighted by Crippen LogP contribution is 2.32. The topological polar surface area (TPSA) is 66.4 Å². The van der Waals surface area contributed by atoms with Crippen molar-refractivity contribution in [3.63, 3.8) is 0 Å². The number of anilines is 1. The van der Waals surface area contributed by atoms with Crippen molar-refractivity contribution in [1.29, 1.82) is 0 Å². The molecule has 0 bridgehead atoms. The molecule has 27 heavy (non-hydrogen) atoms. The molecule has 1 aliphatic heterocycles. The van der Waals surface area contributed by atoms with E-state index in [1.807, 2.05) is 18.2 Å². The molecule has 3 aromatic rings.